The minimum Gasteiger partial charge on any atom is -0.464 e. The van der Waals surface area contributed by atoms with Crippen LogP contribution in [0.2, 0.25) is 0 Å². The number of rotatable bonds is 6. The molecule has 182 valence electrons. The fourth-order valence-corrected chi connectivity index (χ4v) is 6.98. The highest BCUT2D eigenvalue weighted by Crippen LogP contribution is 2.65. The number of amides is 1. The Morgan fingerprint density at radius 1 is 1.29 bits per heavy atom. The fourth-order valence-electron chi connectivity index (χ4n) is 6.98. The van der Waals surface area contributed by atoms with Crippen molar-refractivity contribution in [2.24, 2.45) is 17.3 Å². The first kappa shape index (κ1) is 22.4. The second-order valence-corrected chi connectivity index (χ2v) is 11.4. The summed E-state index contributed by atoms with van der Waals surface area (Å²) < 4.78 is 24.6. The van der Waals surface area contributed by atoms with E-state index in [1.807, 2.05) is 24.3 Å². The van der Waals surface area contributed by atoms with Gasteiger partial charge >= 0.3 is 13.2 Å². The van der Waals surface area contributed by atoms with E-state index in [0.717, 1.165) is 42.3 Å². The molecule has 34 heavy (non-hydrogen) atoms. The number of hydrogen-bond acceptors (Lipinski definition) is 6. The van der Waals surface area contributed by atoms with Crippen LogP contribution in [0.4, 0.5) is 4.79 Å². The van der Waals surface area contributed by atoms with E-state index >= 15 is 0 Å². The Morgan fingerprint density at radius 3 is 2.94 bits per heavy atom. The molecule has 1 amide bonds. The van der Waals surface area contributed by atoms with Crippen LogP contribution < -0.4 is 10.6 Å². The quantitative estimate of drug-likeness (QED) is 0.625. The summed E-state index contributed by atoms with van der Waals surface area (Å²) in [5.41, 5.74) is 1.79. The van der Waals surface area contributed by atoms with E-state index in [0.29, 0.717) is 24.9 Å². The van der Waals surface area contributed by atoms with E-state index < -0.39 is 13.2 Å². The van der Waals surface area contributed by atoms with Crippen molar-refractivity contribution in [3.63, 3.8) is 0 Å². The van der Waals surface area contributed by atoms with Crippen molar-refractivity contribution in [2.75, 3.05) is 13.2 Å². The molecule has 2 aromatic rings. The largest absolute Gasteiger partial charge is 0.482 e. The molecule has 1 aromatic heterocycles. The molecule has 1 unspecified atom stereocenters. The first-order valence-corrected chi connectivity index (χ1v) is 12.8. The zero-order valence-electron chi connectivity index (χ0n) is 20.3. The topological polar surface area (TPSA) is 82.0 Å². The van der Waals surface area contributed by atoms with Gasteiger partial charge in [-0.05, 0) is 74.5 Å². The molecule has 7 nitrogen and oxygen atoms in total. The summed E-state index contributed by atoms with van der Waals surface area (Å²) in [7, 11) is -0.532. The van der Waals surface area contributed by atoms with Gasteiger partial charge in [0, 0.05) is 11.4 Å². The van der Waals surface area contributed by atoms with E-state index in [2.05, 4.69) is 31.4 Å². The van der Waals surface area contributed by atoms with Crippen LogP contribution in [0.15, 0.2) is 34.9 Å². The van der Waals surface area contributed by atoms with E-state index in [1.54, 1.807) is 6.26 Å². The molecule has 3 saturated carbocycles. The minimum atomic E-state index is -0.532. The third-order valence-corrected chi connectivity index (χ3v) is 9.18. The highest BCUT2D eigenvalue weighted by molar-refractivity contribution is 6.48. The third-order valence-electron chi connectivity index (χ3n) is 9.18. The van der Waals surface area contributed by atoms with Crippen LogP contribution in [-0.2, 0) is 20.5 Å². The molecule has 2 aliphatic heterocycles. The Kier molecular flexibility index (Phi) is 5.46. The molecule has 3 aliphatic carbocycles. The van der Waals surface area contributed by atoms with Crippen molar-refractivity contribution in [3.05, 3.63) is 36.1 Å². The normalized spacial score (nSPS) is 34.5. The van der Waals surface area contributed by atoms with Crippen LogP contribution in [0, 0.1) is 17.3 Å². The lowest BCUT2D eigenvalue weighted by atomic mass is 9.43. The number of benzene rings is 1. The molecule has 5 aliphatic rings. The predicted molar refractivity (Wildman–Crippen MR) is 129 cm³/mol. The number of ether oxygens (including phenoxy) is 1. The van der Waals surface area contributed by atoms with E-state index in [4.69, 9.17) is 18.5 Å². The molecule has 1 aromatic carbocycles. The lowest BCUT2D eigenvalue weighted by Gasteiger charge is -2.64. The number of carbonyl (C=O) groups is 1. The number of carbonyl (C=O) groups excluding carboxylic acids is 1. The first-order valence-electron chi connectivity index (χ1n) is 12.8. The molecule has 0 radical (unpaired) electrons. The first-order chi connectivity index (χ1) is 16.3. The van der Waals surface area contributed by atoms with Crippen LogP contribution in [-0.4, -0.2) is 50.1 Å². The number of para-hydroxylation sites is 1. The zero-order valence-corrected chi connectivity index (χ0v) is 20.3. The third kappa shape index (κ3) is 3.66. The summed E-state index contributed by atoms with van der Waals surface area (Å²) in [4.78, 5) is 12.8. The van der Waals surface area contributed by atoms with Gasteiger partial charge in [0.15, 0.2) is 0 Å². The van der Waals surface area contributed by atoms with Gasteiger partial charge in [-0.15, -0.1) is 0 Å². The zero-order chi connectivity index (χ0) is 23.5. The Bertz CT molecular complexity index is 1070. The number of nitrogens with one attached hydrogen (secondary N) is 2. The van der Waals surface area contributed by atoms with Crippen LogP contribution >= 0.6 is 0 Å². The number of furan rings is 1. The van der Waals surface area contributed by atoms with Crippen LogP contribution in [0.1, 0.15) is 52.0 Å². The molecule has 2 saturated heterocycles. The fraction of sp³-hybridized carbons (Fsp3) is 0.654. The summed E-state index contributed by atoms with van der Waals surface area (Å²) in [6, 6.07) is 8.20. The van der Waals surface area contributed by atoms with E-state index in [1.165, 1.54) is 6.42 Å². The van der Waals surface area contributed by atoms with Crippen LogP contribution in [0.25, 0.3) is 11.0 Å². The molecule has 2 N–H and O–H groups in total. The summed E-state index contributed by atoms with van der Waals surface area (Å²) >= 11 is 0. The highest BCUT2D eigenvalue weighted by Gasteiger charge is 2.68. The van der Waals surface area contributed by atoms with Crippen molar-refractivity contribution >= 4 is 24.2 Å². The van der Waals surface area contributed by atoms with Crippen LogP contribution in [0.3, 0.4) is 0 Å². The average Bonchev–Trinajstić information content (AvgIpc) is 3.55. The maximum atomic E-state index is 12.8. The molecule has 7 rings (SSSR count). The molecule has 6 atom stereocenters. The van der Waals surface area contributed by atoms with E-state index in [-0.39, 0.29) is 29.1 Å². The van der Waals surface area contributed by atoms with Crippen molar-refractivity contribution in [2.45, 2.75) is 76.6 Å². The second-order valence-electron chi connectivity index (χ2n) is 11.4. The monoisotopic (exact) mass is 466 g/mol. The Morgan fingerprint density at radius 2 is 2.15 bits per heavy atom. The van der Waals surface area contributed by atoms with Gasteiger partial charge in [-0.2, -0.15) is 0 Å². The van der Waals surface area contributed by atoms with Crippen molar-refractivity contribution in [1.82, 2.24) is 10.6 Å². The van der Waals surface area contributed by atoms with Crippen molar-refractivity contribution in [1.29, 1.82) is 0 Å². The average molecular weight is 466 g/mol. The van der Waals surface area contributed by atoms with Gasteiger partial charge in [0.2, 0.25) is 0 Å². The van der Waals surface area contributed by atoms with Gasteiger partial charge in [0.1, 0.15) is 12.2 Å². The van der Waals surface area contributed by atoms with Gasteiger partial charge in [0.25, 0.3) is 0 Å². The molecule has 2 bridgehead atoms. The molecule has 3 heterocycles. The molecular weight excluding hydrogens is 431 g/mol. The maximum Gasteiger partial charge on any atom is 0.482 e. The molecule has 5 fully saturated rings. The number of alkyl carbamates (subject to hydrolysis) is 1. The highest BCUT2D eigenvalue weighted by atomic mass is 16.7. The van der Waals surface area contributed by atoms with Gasteiger partial charge in [0.05, 0.1) is 23.9 Å². The molecule has 8 heteroatoms. The molecular formula is C26H35BN2O5. The second kappa shape index (κ2) is 8.28. The number of hydrogen-bond donors (Lipinski definition) is 2. The lowest BCUT2D eigenvalue weighted by Crippen LogP contribution is -2.65. The van der Waals surface area contributed by atoms with Gasteiger partial charge in [-0.1, -0.05) is 32.0 Å². The Balaban J connectivity index is 1.21. The SMILES string of the molecule is CC1(C)[C@@H]2C[C@H]3OB([C@H](Cc4coc5ccccc45)NC(=O)OCC4CCCN4)O[C@@]3(C)[C@H]1C2. The smallest absolute Gasteiger partial charge is 0.464 e. The standard InChI is InChI=1S/C26H35BN2O5/c1-25(2)17-12-21(25)26(3)22(13-17)33-27(34-26)23(29-24(30)32-15-18-7-6-10-28-18)11-16-14-31-20-9-5-4-8-19(16)20/h4-5,8-9,14,17-18,21-23,28H,6-7,10-13,15H2,1-3H3,(H,29,30)/t17-,18?,21-,22+,23-,26-/m0/s1. The van der Waals surface area contributed by atoms with Gasteiger partial charge in [-0.25, -0.2) is 4.79 Å². The summed E-state index contributed by atoms with van der Waals surface area (Å²) in [6.45, 7) is 8.26. The minimum absolute atomic E-state index is 0.0541. The van der Waals surface area contributed by atoms with Crippen molar-refractivity contribution in [3.8, 4) is 0 Å². The van der Waals surface area contributed by atoms with Gasteiger partial charge in [-0.3, -0.25) is 0 Å². The van der Waals surface area contributed by atoms with Crippen molar-refractivity contribution < 1.29 is 23.3 Å². The predicted octanol–water partition coefficient (Wildman–Crippen LogP) is 4.09. The Hall–Kier alpha value is -2.03. The van der Waals surface area contributed by atoms with E-state index in [9.17, 15) is 4.79 Å². The van der Waals surface area contributed by atoms with Gasteiger partial charge < -0.3 is 29.1 Å². The summed E-state index contributed by atoms with van der Waals surface area (Å²) in [5.74, 6) is 0.753. The van der Waals surface area contributed by atoms with Crippen LogP contribution in [0.5, 0.6) is 0 Å². The maximum absolute atomic E-state index is 12.8. The number of fused-ring (bicyclic) bond motifs is 1. The lowest BCUT2D eigenvalue weighted by molar-refractivity contribution is -0.199. The molecule has 0 spiro atoms. The summed E-state index contributed by atoms with van der Waals surface area (Å²) in [5, 5.41) is 7.49. The Labute approximate surface area is 201 Å². The summed E-state index contributed by atoms with van der Waals surface area (Å²) in [6.07, 6.45) is 6.29.